The number of amides is 2. The van der Waals surface area contributed by atoms with Crippen molar-refractivity contribution in [2.75, 3.05) is 33.9 Å². The predicted molar refractivity (Wildman–Crippen MR) is 90.7 cm³/mol. The molecule has 1 aromatic rings. The van der Waals surface area contributed by atoms with Crippen LogP contribution in [0.15, 0.2) is 12.1 Å². The van der Waals surface area contributed by atoms with Crippen molar-refractivity contribution < 1.29 is 19.1 Å². The summed E-state index contributed by atoms with van der Waals surface area (Å²) in [4.78, 5) is 25.5. The first-order valence-electron chi connectivity index (χ1n) is 7.72. The molecule has 1 aromatic carbocycles. The van der Waals surface area contributed by atoms with Crippen molar-refractivity contribution >= 4 is 23.4 Å². The number of rotatable bonds is 7. The van der Waals surface area contributed by atoms with E-state index in [1.54, 1.807) is 6.07 Å². The molecule has 0 spiro atoms. The quantitative estimate of drug-likeness (QED) is 0.762. The summed E-state index contributed by atoms with van der Waals surface area (Å²) in [5.41, 5.74) is 5.49. The number of methoxy groups -OCH3 is 1. The second-order valence-corrected chi connectivity index (χ2v) is 6.00. The van der Waals surface area contributed by atoms with Crippen LogP contribution in [-0.2, 0) is 4.79 Å². The zero-order valence-corrected chi connectivity index (χ0v) is 14.6. The average Bonchev–Trinajstić information content (AvgIpc) is 3.00. The van der Waals surface area contributed by atoms with Gasteiger partial charge in [-0.15, -0.1) is 0 Å². The Morgan fingerprint density at radius 2 is 2.21 bits per heavy atom. The van der Waals surface area contributed by atoms with Gasteiger partial charge in [0, 0.05) is 24.7 Å². The van der Waals surface area contributed by atoms with E-state index in [9.17, 15) is 9.59 Å². The Morgan fingerprint density at radius 3 is 2.83 bits per heavy atom. The molecule has 1 unspecified atom stereocenters. The molecule has 1 saturated heterocycles. The summed E-state index contributed by atoms with van der Waals surface area (Å²) in [6.07, 6.45) is 1.94. The molecule has 132 valence electrons. The lowest BCUT2D eigenvalue weighted by molar-refractivity contribution is -0.119. The van der Waals surface area contributed by atoms with E-state index in [0.29, 0.717) is 12.1 Å². The first kappa shape index (κ1) is 18.4. The number of nitrogens with zero attached hydrogens (tertiary/aromatic N) is 1. The molecule has 1 atom stereocenters. The maximum atomic E-state index is 12.8. The van der Waals surface area contributed by atoms with Gasteiger partial charge in [0.05, 0.1) is 12.1 Å². The Morgan fingerprint density at radius 1 is 1.46 bits per heavy atom. The number of carbonyl (C=O) groups excluding carboxylic acids is 2. The number of likely N-dealkylation sites (N-methyl/N-ethyl adjacent to an activating group) is 1. The van der Waals surface area contributed by atoms with E-state index in [1.807, 2.05) is 11.9 Å². The zero-order valence-electron chi connectivity index (χ0n) is 13.8. The first-order valence-corrected chi connectivity index (χ1v) is 8.10. The van der Waals surface area contributed by atoms with Gasteiger partial charge in [0.1, 0.15) is 0 Å². The van der Waals surface area contributed by atoms with Crippen molar-refractivity contribution in [3.05, 3.63) is 22.7 Å². The lowest BCUT2D eigenvalue weighted by atomic mass is 10.1. The van der Waals surface area contributed by atoms with Gasteiger partial charge in [0.15, 0.2) is 18.1 Å². The number of primary amides is 1. The molecule has 0 saturated carbocycles. The molecule has 2 amide bonds. The monoisotopic (exact) mass is 355 g/mol. The Hall–Kier alpha value is -1.99. The molecule has 3 N–H and O–H groups in total. The fourth-order valence-electron chi connectivity index (χ4n) is 2.84. The third-order valence-electron chi connectivity index (χ3n) is 3.91. The van der Waals surface area contributed by atoms with E-state index < -0.39 is 5.91 Å². The first-order chi connectivity index (χ1) is 11.5. The third kappa shape index (κ3) is 4.10. The standard InChI is InChI=1S/C16H22ClN3O4/c1-19-8-11-4-3-5-20(11)16(22)10-6-12(17)15(13(7-10)23-2)24-9-14(18)21/h6-7,11,19H,3-5,8-9H2,1-2H3,(H2,18,21). The van der Waals surface area contributed by atoms with Crippen LogP contribution in [0, 0.1) is 0 Å². The molecule has 1 heterocycles. The summed E-state index contributed by atoms with van der Waals surface area (Å²) in [5, 5.41) is 3.31. The summed E-state index contributed by atoms with van der Waals surface area (Å²) in [6.45, 7) is 1.14. The van der Waals surface area contributed by atoms with Gasteiger partial charge < -0.3 is 25.4 Å². The molecule has 0 radical (unpaired) electrons. The largest absolute Gasteiger partial charge is 0.493 e. The van der Waals surface area contributed by atoms with E-state index in [1.165, 1.54) is 13.2 Å². The van der Waals surface area contributed by atoms with E-state index in [-0.39, 0.29) is 35.1 Å². The molecule has 0 aromatic heterocycles. The minimum atomic E-state index is -0.625. The molecule has 8 heteroatoms. The van der Waals surface area contributed by atoms with Crippen molar-refractivity contribution in [3.8, 4) is 11.5 Å². The van der Waals surface area contributed by atoms with Crippen LogP contribution in [0.25, 0.3) is 0 Å². The highest BCUT2D eigenvalue weighted by molar-refractivity contribution is 6.32. The second-order valence-electron chi connectivity index (χ2n) is 5.60. The third-order valence-corrected chi connectivity index (χ3v) is 4.19. The van der Waals surface area contributed by atoms with E-state index in [0.717, 1.165) is 19.4 Å². The number of hydrogen-bond donors (Lipinski definition) is 2. The van der Waals surface area contributed by atoms with Crippen LogP contribution in [0.1, 0.15) is 23.2 Å². The minimum Gasteiger partial charge on any atom is -0.493 e. The summed E-state index contributed by atoms with van der Waals surface area (Å²) >= 11 is 6.20. The molecule has 0 bridgehead atoms. The van der Waals surface area contributed by atoms with Gasteiger partial charge in [-0.2, -0.15) is 0 Å². The van der Waals surface area contributed by atoms with Crippen LogP contribution in [0.2, 0.25) is 5.02 Å². The van der Waals surface area contributed by atoms with Crippen molar-refractivity contribution in [2.45, 2.75) is 18.9 Å². The zero-order chi connectivity index (χ0) is 17.7. The van der Waals surface area contributed by atoms with Gasteiger partial charge in [0.2, 0.25) is 0 Å². The van der Waals surface area contributed by atoms with Gasteiger partial charge in [-0.1, -0.05) is 11.6 Å². The van der Waals surface area contributed by atoms with Crippen molar-refractivity contribution in [1.29, 1.82) is 0 Å². The lowest BCUT2D eigenvalue weighted by Crippen LogP contribution is -2.40. The molecular formula is C16H22ClN3O4. The Balaban J connectivity index is 2.25. The highest BCUT2D eigenvalue weighted by atomic mass is 35.5. The highest BCUT2D eigenvalue weighted by Gasteiger charge is 2.30. The molecule has 7 nitrogen and oxygen atoms in total. The second kappa shape index (κ2) is 8.21. The molecule has 1 aliphatic heterocycles. The van der Waals surface area contributed by atoms with Crippen LogP contribution < -0.4 is 20.5 Å². The molecule has 1 aliphatic rings. The average molecular weight is 356 g/mol. The SMILES string of the molecule is CNCC1CCCN1C(=O)c1cc(Cl)c(OCC(N)=O)c(OC)c1. The van der Waals surface area contributed by atoms with Gasteiger partial charge >= 0.3 is 0 Å². The van der Waals surface area contributed by atoms with E-state index in [2.05, 4.69) is 5.32 Å². The van der Waals surface area contributed by atoms with Crippen molar-refractivity contribution in [3.63, 3.8) is 0 Å². The molecular weight excluding hydrogens is 334 g/mol. The summed E-state index contributed by atoms with van der Waals surface area (Å²) in [7, 11) is 3.31. The summed E-state index contributed by atoms with van der Waals surface area (Å²) in [6, 6.07) is 3.26. The molecule has 24 heavy (non-hydrogen) atoms. The number of nitrogens with two attached hydrogens (primary N) is 1. The van der Waals surface area contributed by atoms with Crippen LogP contribution >= 0.6 is 11.6 Å². The molecule has 2 rings (SSSR count). The Bertz CT molecular complexity index is 624. The van der Waals surface area contributed by atoms with Gasteiger partial charge in [0.25, 0.3) is 11.8 Å². The van der Waals surface area contributed by atoms with Gasteiger partial charge in [-0.25, -0.2) is 0 Å². The number of benzene rings is 1. The minimum absolute atomic E-state index is 0.102. The topological polar surface area (TPSA) is 93.9 Å². The number of likely N-dealkylation sites (tertiary alicyclic amines) is 1. The van der Waals surface area contributed by atoms with Crippen LogP contribution in [0.5, 0.6) is 11.5 Å². The smallest absolute Gasteiger partial charge is 0.255 e. The Kier molecular flexibility index (Phi) is 6.28. The van der Waals surface area contributed by atoms with Crippen LogP contribution in [-0.4, -0.2) is 56.6 Å². The number of ether oxygens (including phenoxy) is 2. The highest BCUT2D eigenvalue weighted by Crippen LogP contribution is 2.37. The van der Waals surface area contributed by atoms with Crippen molar-refractivity contribution in [2.24, 2.45) is 5.73 Å². The fourth-order valence-corrected chi connectivity index (χ4v) is 3.11. The Labute approximate surface area is 146 Å². The van der Waals surface area contributed by atoms with E-state index >= 15 is 0 Å². The number of halogens is 1. The van der Waals surface area contributed by atoms with E-state index in [4.69, 9.17) is 26.8 Å². The maximum absolute atomic E-state index is 12.8. The van der Waals surface area contributed by atoms with Gasteiger partial charge in [-0.05, 0) is 32.0 Å². The number of carbonyl (C=O) groups is 2. The fraction of sp³-hybridized carbons (Fsp3) is 0.500. The number of hydrogen-bond acceptors (Lipinski definition) is 5. The van der Waals surface area contributed by atoms with Crippen LogP contribution in [0.3, 0.4) is 0 Å². The maximum Gasteiger partial charge on any atom is 0.255 e. The predicted octanol–water partition coefficient (Wildman–Crippen LogP) is 1.04. The molecule has 1 fully saturated rings. The van der Waals surface area contributed by atoms with Crippen molar-refractivity contribution in [1.82, 2.24) is 10.2 Å². The van der Waals surface area contributed by atoms with Gasteiger partial charge in [-0.3, -0.25) is 9.59 Å². The van der Waals surface area contributed by atoms with Crippen LogP contribution in [0.4, 0.5) is 0 Å². The normalized spacial score (nSPS) is 17.0. The summed E-state index contributed by atoms with van der Waals surface area (Å²) < 4.78 is 10.5. The lowest BCUT2D eigenvalue weighted by Gasteiger charge is -2.25. The summed E-state index contributed by atoms with van der Waals surface area (Å²) in [5.74, 6) is -0.242. The molecule has 0 aliphatic carbocycles. The number of nitrogens with one attached hydrogen (secondary N) is 1.